The molecule has 0 atom stereocenters. The molecule has 26 heavy (non-hydrogen) atoms. The molecule has 2 heterocycles. The van der Waals surface area contributed by atoms with Crippen molar-refractivity contribution in [3.05, 3.63) is 61.9 Å². The van der Waals surface area contributed by atoms with Crippen LogP contribution in [0.3, 0.4) is 0 Å². The molecule has 136 valence electrons. The van der Waals surface area contributed by atoms with E-state index in [9.17, 15) is 18.8 Å². The van der Waals surface area contributed by atoms with E-state index in [1.807, 2.05) is 13.8 Å². The molecule has 0 bridgehead atoms. The number of aromatic nitrogens is 3. The molecule has 7 nitrogen and oxygen atoms in total. The molecule has 0 spiro atoms. The summed E-state index contributed by atoms with van der Waals surface area (Å²) in [5, 5.41) is 4.26. The van der Waals surface area contributed by atoms with Gasteiger partial charge in [0.2, 0.25) is 5.91 Å². The second-order valence-electron chi connectivity index (χ2n) is 6.12. The molecule has 0 radical (unpaired) electrons. The first-order valence-corrected chi connectivity index (χ1v) is 8.82. The lowest BCUT2D eigenvalue weighted by Crippen LogP contribution is -2.43. The summed E-state index contributed by atoms with van der Waals surface area (Å²) in [4.78, 5) is 37.6. The SMILES string of the molecule is CC(C)NC(=O)Cn1c(=O)n(Cc2ccccc2F)c(=O)c2nscc21. The van der Waals surface area contributed by atoms with E-state index >= 15 is 0 Å². The van der Waals surface area contributed by atoms with E-state index in [0.29, 0.717) is 5.52 Å². The average molecular weight is 376 g/mol. The van der Waals surface area contributed by atoms with Gasteiger partial charge in [0.1, 0.15) is 12.4 Å². The summed E-state index contributed by atoms with van der Waals surface area (Å²) in [5.41, 5.74) is -0.684. The maximum Gasteiger partial charge on any atom is 0.332 e. The molecule has 0 saturated heterocycles. The molecule has 0 unspecified atom stereocenters. The van der Waals surface area contributed by atoms with Crippen LogP contribution in [0.4, 0.5) is 4.39 Å². The van der Waals surface area contributed by atoms with Crippen molar-refractivity contribution in [3.63, 3.8) is 0 Å². The highest BCUT2D eigenvalue weighted by Crippen LogP contribution is 2.11. The van der Waals surface area contributed by atoms with Crippen LogP contribution in [-0.4, -0.2) is 25.5 Å². The maximum absolute atomic E-state index is 13.9. The quantitative estimate of drug-likeness (QED) is 0.728. The molecule has 1 aromatic carbocycles. The predicted molar refractivity (Wildman–Crippen MR) is 96.9 cm³/mol. The molecule has 0 fully saturated rings. The van der Waals surface area contributed by atoms with E-state index in [0.717, 1.165) is 16.1 Å². The van der Waals surface area contributed by atoms with Crippen molar-refractivity contribution in [2.24, 2.45) is 0 Å². The van der Waals surface area contributed by atoms with Crippen molar-refractivity contribution >= 4 is 28.5 Å². The number of hydrogen-bond acceptors (Lipinski definition) is 5. The normalized spacial score (nSPS) is 11.2. The van der Waals surface area contributed by atoms with Gasteiger partial charge in [-0.05, 0) is 31.4 Å². The van der Waals surface area contributed by atoms with Gasteiger partial charge < -0.3 is 5.32 Å². The van der Waals surface area contributed by atoms with E-state index in [-0.39, 0.29) is 36.1 Å². The summed E-state index contributed by atoms with van der Waals surface area (Å²) in [6.07, 6.45) is 0. The minimum absolute atomic E-state index is 0.0846. The number of amides is 1. The minimum atomic E-state index is -0.676. The van der Waals surface area contributed by atoms with E-state index in [4.69, 9.17) is 0 Å². The fraction of sp³-hybridized carbons (Fsp3) is 0.294. The molecule has 1 amide bonds. The van der Waals surface area contributed by atoms with E-state index < -0.39 is 17.1 Å². The average Bonchev–Trinajstić information content (AvgIpc) is 3.06. The number of nitrogens with zero attached hydrogens (tertiary/aromatic N) is 3. The van der Waals surface area contributed by atoms with E-state index in [1.54, 1.807) is 11.4 Å². The molecule has 0 aliphatic carbocycles. The van der Waals surface area contributed by atoms with Gasteiger partial charge in [-0.15, -0.1) is 0 Å². The summed E-state index contributed by atoms with van der Waals surface area (Å²) in [5.74, 6) is -0.869. The standard InChI is InChI=1S/C17H17FN4O3S/c1-10(2)19-14(23)8-21-13-9-26-20-15(13)16(24)22(17(21)25)7-11-5-3-4-6-12(11)18/h3-6,9-10H,7-8H2,1-2H3,(H,19,23). The number of hydrogen-bond donors (Lipinski definition) is 1. The van der Waals surface area contributed by atoms with Crippen molar-refractivity contribution < 1.29 is 9.18 Å². The van der Waals surface area contributed by atoms with Crippen molar-refractivity contribution in [2.75, 3.05) is 0 Å². The van der Waals surface area contributed by atoms with Crippen LogP contribution >= 0.6 is 11.5 Å². The fourth-order valence-corrected chi connectivity index (χ4v) is 3.30. The Kier molecular flexibility index (Phi) is 4.99. The lowest BCUT2D eigenvalue weighted by molar-refractivity contribution is -0.122. The fourth-order valence-electron chi connectivity index (χ4n) is 2.64. The summed E-state index contributed by atoms with van der Waals surface area (Å²) in [7, 11) is 0. The first kappa shape index (κ1) is 18.0. The zero-order valence-corrected chi connectivity index (χ0v) is 15.0. The second kappa shape index (κ2) is 7.20. The van der Waals surface area contributed by atoms with E-state index in [2.05, 4.69) is 9.69 Å². The molecule has 2 aromatic heterocycles. The molecule has 0 aliphatic heterocycles. The lowest BCUT2D eigenvalue weighted by Gasteiger charge is -2.13. The predicted octanol–water partition coefficient (Wildman–Crippen LogP) is 1.33. The Morgan fingerprint density at radius 1 is 1.27 bits per heavy atom. The minimum Gasteiger partial charge on any atom is -0.352 e. The second-order valence-corrected chi connectivity index (χ2v) is 6.75. The number of fused-ring (bicyclic) bond motifs is 1. The van der Waals surface area contributed by atoms with Crippen LogP contribution in [-0.2, 0) is 17.9 Å². The van der Waals surface area contributed by atoms with Gasteiger partial charge >= 0.3 is 5.69 Å². The van der Waals surface area contributed by atoms with Gasteiger partial charge in [-0.3, -0.25) is 18.7 Å². The summed E-state index contributed by atoms with van der Waals surface area (Å²) in [6.45, 7) is 3.14. The number of nitrogens with one attached hydrogen (secondary N) is 1. The van der Waals surface area contributed by atoms with Gasteiger partial charge in [-0.25, -0.2) is 9.18 Å². The molecule has 1 N–H and O–H groups in total. The van der Waals surface area contributed by atoms with Crippen LogP contribution in [0.5, 0.6) is 0 Å². The molecular formula is C17H17FN4O3S. The third kappa shape index (κ3) is 3.43. The Labute approximate surface area is 151 Å². The van der Waals surface area contributed by atoms with Crippen LogP contribution in [0.15, 0.2) is 39.2 Å². The molecular weight excluding hydrogens is 359 g/mol. The Bertz CT molecular complexity index is 1080. The maximum atomic E-state index is 13.9. The monoisotopic (exact) mass is 376 g/mol. The summed E-state index contributed by atoms with van der Waals surface area (Å²) >= 11 is 1.02. The van der Waals surface area contributed by atoms with Gasteiger partial charge in [0.15, 0.2) is 5.52 Å². The van der Waals surface area contributed by atoms with Gasteiger partial charge in [-0.1, -0.05) is 18.2 Å². The highest BCUT2D eigenvalue weighted by Gasteiger charge is 2.18. The Morgan fingerprint density at radius 2 is 2.00 bits per heavy atom. The van der Waals surface area contributed by atoms with Crippen LogP contribution in [0.2, 0.25) is 0 Å². The highest BCUT2D eigenvalue weighted by molar-refractivity contribution is 7.04. The van der Waals surface area contributed by atoms with Crippen molar-refractivity contribution in [3.8, 4) is 0 Å². The van der Waals surface area contributed by atoms with Gasteiger partial charge in [0, 0.05) is 17.0 Å². The first-order valence-electron chi connectivity index (χ1n) is 7.99. The van der Waals surface area contributed by atoms with Crippen LogP contribution < -0.4 is 16.6 Å². The number of carbonyl (C=O) groups is 1. The largest absolute Gasteiger partial charge is 0.352 e. The van der Waals surface area contributed by atoms with Gasteiger partial charge in [-0.2, -0.15) is 4.37 Å². The molecule has 3 aromatic rings. The number of halogens is 1. The number of rotatable bonds is 5. The molecule has 0 aliphatic rings. The lowest BCUT2D eigenvalue weighted by atomic mass is 10.2. The summed E-state index contributed by atoms with van der Waals surface area (Å²) in [6, 6.07) is 5.83. The first-order chi connectivity index (χ1) is 12.4. The number of carbonyl (C=O) groups excluding carboxylic acids is 1. The smallest absolute Gasteiger partial charge is 0.332 e. The summed E-state index contributed by atoms with van der Waals surface area (Å²) < 4.78 is 20.1. The molecule has 0 saturated carbocycles. The Balaban J connectivity index is 2.12. The van der Waals surface area contributed by atoms with Crippen molar-refractivity contribution in [2.45, 2.75) is 33.0 Å². The van der Waals surface area contributed by atoms with Crippen LogP contribution in [0.25, 0.3) is 11.0 Å². The highest BCUT2D eigenvalue weighted by atomic mass is 32.1. The van der Waals surface area contributed by atoms with Crippen molar-refractivity contribution in [1.29, 1.82) is 0 Å². The molecule has 3 rings (SSSR count). The zero-order valence-electron chi connectivity index (χ0n) is 14.2. The third-order valence-electron chi connectivity index (χ3n) is 3.79. The van der Waals surface area contributed by atoms with Gasteiger partial charge in [0.05, 0.1) is 12.1 Å². The Morgan fingerprint density at radius 3 is 2.69 bits per heavy atom. The molecule has 9 heteroatoms. The third-order valence-corrected chi connectivity index (χ3v) is 4.41. The van der Waals surface area contributed by atoms with Crippen LogP contribution in [0, 0.1) is 5.82 Å². The van der Waals surface area contributed by atoms with E-state index in [1.165, 1.54) is 22.8 Å². The van der Waals surface area contributed by atoms with Crippen molar-refractivity contribution in [1.82, 2.24) is 18.8 Å². The Hall–Kier alpha value is -2.81. The number of benzene rings is 1. The van der Waals surface area contributed by atoms with Crippen LogP contribution in [0.1, 0.15) is 19.4 Å². The zero-order chi connectivity index (χ0) is 18.8. The topological polar surface area (TPSA) is 86.0 Å². The van der Waals surface area contributed by atoms with Gasteiger partial charge in [0.25, 0.3) is 5.56 Å².